The van der Waals surface area contributed by atoms with Crippen molar-refractivity contribution in [1.29, 1.82) is 0 Å². The van der Waals surface area contributed by atoms with Crippen LogP contribution in [0.5, 0.6) is 0 Å². The lowest BCUT2D eigenvalue weighted by Crippen LogP contribution is -2.14. The second kappa shape index (κ2) is 5.60. The lowest BCUT2D eigenvalue weighted by Gasteiger charge is -2.08. The first kappa shape index (κ1) is 14.3. The van der Waals surface area contributed by atoms with E-state index in [9.17, 15) is 14.0 Å². The van der Waals surface area contributed by atoms with Gasteiger partial charge in [-0.25, -0.2) is 4.39 Å². The molecule has 3 rings (SSSR count). The van der Waals surface area contributed by atoms with Gasteiger partial charge in [0, 0.05) is 11.4 Å². The zero-order chi connectivity index (χ0) is 15.7. The summed E-state index contributed by atoms with van der Waals surface area (Å²) in [6.45, 7) is 1.82. The molecule has 2 aromatic rings. The van der Waals surface area contributed by atoms with Crippen LogP contribution in [0.1, 0.15) is 24.0 Å². The van der Waals surface area contributed by atoms with Gasteiger partial charge in [0.05, 0.1) is 12.3 Å². The zero-order valence-corrected chi connectivity index (χ0v) is 12.0. The van der Waals surface area contributed by atoms with E-state index in [1.165, 1.54) is 12.1 Å². The lowest BCUT2D eigenvalue weighted by atomic mass is 10.0. The Bertz CT molecular complexity index is 741. The second-order valence-corrected chi connectivity index (χ2v) is 5.36. The molecule has 4 nitrogen and oxygen atoms in total. The molecule has 2 N–H and O–H groups in total. The Morgan fingerprint density at radius 1 is 1.23 bits per heavy atom. The maximum Gasteiger partial charge on any atom is 0.231 e. The first-order valence-electron chi connectivity index (χ1n) is 7.02. The fourth-order valence-electron chi connectivity index (χ4n) is 2.49. The quantitative estimate of drug-likeness (QED) is 0.915. The Kier molecular flexibility index (Phi) is 3.63. The molecule has 0 bridgehead atoms. The summed E-state index contributed by atoms with van der Waals surface area (Å²) >= 11 is 0. The molecular weight excluding hydrogens is 283 g/mol. The molecule has 0 radical (unpaired) electrons. The molecule has 1 atom stereocenters. The van der Waals surface area contributed by atoms with Gasteiger partial charge in [0.15, 0.2) is 0 Å². The van der Waals surface area contributed by atoms with Crippen LogP contribution in [0.15, 0.2) is 42.5 Å². The van der Waals surface area contributed by atoms with Crippen molar-refractivity contribution in [2.24, 2.45) is 0 Å². The van der Waals surface area contributed by atoms with Crippen molar-refractivity contribution in [1.82, 2.24) is 0 Å². The van der Waals surface area contributed by atoms with Crippen molar-refractivity contribution in [3.63, 3.8) is 0 Å². The van der Waals surface area contributed by atoms with Crippen molar-refractivity contribution in [3.8, 4) is 0 Å². The van der Waals surface area contributed by atoms with Crippen molar-refractivity contribution >= 4 is 23.2 Å². The maximum atomic E-state index is 12.8. The number of hydrogen-bond acceptors (Lipinski definition) is 2. The maximum absolute atomic E-state index is 12.8. The van der Waals surface area contributed by atoms with Crippen molar-refractivity contribution in [2.75, 3.05) is 10.6 Å². The van der Waals surface area contributed by atoms with E-state index in [0.29, 0.717) is 5.69 Å². The number of fused-ring (bicyclic) bond motifs is 1. The average molecular weight is 298 g/mol. The number of halogens is 1. The standard InChI is InChI=1S/C17H15FN2O2/c1-10-14-9-13(6-7-15(14)20-17(10)22)19-16(21)8-11-2-4-12(18)5-3-11/h2-7,9-10H,8H2,1H3,(H,19,21)(H,20,22). The van der Waals surface area contributed by atoms with Crippen molar-refractivity contribution in [2.45, 2.75) is 19.3 Å². The first-order chi connectivity index (χ1) is 10.5. The minimum atomic E-state index is -0.325. The molecule has 112 valence electrons. The van der Waals surface area contributed by atoms with E-state index >= 15 is 0 Å². The number of carbonyl (C=O) groups excluding carboxylic acids is 2. The van der Waals surface area contributed by atoms with Gasteiger partial charge in [-0.15, -0.1) is 0 Å². The number of rotatable bonds is 3. The second-order valence-electron chi connectivity index (χ2n) is 5.36. The molecule has 5 heteroatoms. The normalized spacial score (nSPS) is 16.1. The summed E-state index contributed by atoms with van der Waals surface area (Å²) in [5.74, 6) is -0.765. The number of carbonyl (C=O) groups is 2. The van der Waals surface area contributed by atoms with Gasteiger partial charge < -0.3 is 10.6 Å². The molecule has 0 saturated carbocycles. The van der Waals surface area contributed by atoms with E-state index in [1.807, 2.05) is 6.92 Å². The summed E-state index contributed by atoms with van der Waals surface area (Å²) in [5.41, 5.74) is 3.05. The van der Waals surface area contributed by atoms with Gasteiger partial charge in [-0.1, -0.05) is 12.1 Å². The van der Waals surface area contributed by atoms with Crippen LogP contribution in [0.2, 0.25) is 0 Å². The molecule has 0 aromatic heterocycles. The van der Waals surface area contributed by atoms with Gasteiger partial charge in [0.25, 0.3) is 0 Å². The first-order valence-corrected chi connectivity index (χ1v) is 7.02. The van der Waals surface area contributed by atoms with Crippen LogP contribution in [-0.2, 0) is 16.0 Å². The molecule has 1 aliphatic heterocycles. The third kappa shape index (κ3) is 2.83. The highest BCUT2D eigenvalue weighted by Gasteiger charge is 2.26. The van der Waals surface area contributed by atoms with Crippen LogP contribution in [-0.4, -0.2) is 11.8 Å². The van der Waals surface area contributed by atoms with E-state index in [1.54, 1.807) is 30.3 Å². The summed E-state index contributed by atoms with van der Waals surface area (Å²) in [4.78, 5) is 23.6. The van der Waals surface area contributed by atoms with Crippen LogP contribution in [0.25, 0.3) is 0 Å². The van der Waals surface area contributed by atoms with Crippen LogP contribution in [0.3, 0.4) is 0 Å². The number of benzene rings is 2. The molecule has 0 saturated heterocycles. The summed E-state index contributed by atoms with van der Waals surface area (Å²) < 4.78 is 12.8. The third-order valence-electron chi connectivity index (χ3n) is 3.73. The van der Waals surface area contributed by atoms with E-state index in [-0.39, 0.29) is 30.0 Å². The highest BCUT2D eigenvalue weighted by molar-refractivity contribution is 6.03. The minimum absolute atomic E-state index is 0.0372. The molecular formula is C17H15FN2O2. The van der Waals surface area contributed by atoms with E-state index in [2.05, 4.69) is 10.6 Å². The Morgan fingerprint density at radius 3 is 2.68 bits per heavy atom. The van der Waals surface area contributed by atoms with E-state index in [4.69, 9.17) is 0 Å². The van der Waals surface area contributed by atoms with Crippen LogP contribution in [0.4, 0.5) is 15.8 Å². The number of hydrogen-bond donors (Lipinski definition) is 2. The SMILES string of the molecule is CC1C(=O)Nc2ccc(NC(=O)Cc3ccc(F)cc3)cc21. The van der Waals surface area contributed by atoms with Gasteiger partial charge in [0.1, 0.15) is 5.82 Å². The van der Waals surface area contributed by atoms with Crippen molar-refractivity contribution < 1.29 is 14.0 Å². The van der Waals surface area contributed by atoms with Gasteiger partial charge in [-0.2, -0.15) is 0 Å². The fraction of sp³-hybridized carbons (Fsp3) is 0.176. The van der Waals surface area contributed by atoms with Gasteiger partial charge in [0.2, 0.25) is 11.8 Å². The topological polar surface area (TPSA) is 58.2 Å². The van der Waals surface area contributed by atoms with Gasteiger partial charge in [-0.05, 0) is 48.4 Å². The van der Waals surface area contributed by atoms with E-state index in [0.717, 1.165) is 16.8 Å². The predicted octanol–water partition coefficient (Wildman–Crippen LogP) is 3.06. The summed E-state index contributed by atoms with van der Waals surface area (Å²) in [6.07, 6.45) is 0.171. The molecule has 0 fully saturated rings. The molecule has 0 aliphatic carbocycles. The number of anilines is 2. The van der Waals surface area contributed by atoms with Crippen LogP contribution in [0, 0.1) is 5.82 Å². The van der Waals surface area contributed by atoms with Crippen LogP contribution >= 0.6 is 0 Å². The molecule has 2 aromatic carbocycles. The number of amides is 2. The highest BCUT2D eigenvalue weighted by Crippen LogP contribution is 2.33. The largest absolute Gasteiger partial charge is 0.326 e. The molecule has 0 spiro atoms. The monoisotopic (exact) mass is 298 g/mol. The predicted molar refractivity (Wildman–Crippen MR) is 82.2 cm³/mol. The zero-order valence-electron chi connectivity index (χ0n) is 12.0. The molecule has 1 aliphatic rings. The van der Waals surface area contributed by atoms with Gasteiger partial charge >= 0.3 is 0 Å². The van der Waals surface area contributed by atoms with Gasteiger partial charge in [-0.3, -0.25) is 9.59 Å². The smallest absolute Gasteiger partial charge is 0.231 e. The number of nitrogens with one attached hydrogen (secondary N) is 2. The minimum Gasteiger partial charge on any atom is -0.326 e. The average Bonchev–Trinajstić information content (AvgIpc) is 2.77. The highest BCUT2D eigenvalue weighted by atomic mass is 19.1. The lowest BCUT2D eigenvalue weighted by molar-refractivity contribution is -0.117. The van der Waals surface area contributed by atoms with E-state index < -0.39 is 0 Å². The Hall–Kier alpha value is -2.69. The van der Waals surface area contributed by atoms with Crippen LogP contribution < -0.4 is 10.6 Å². The fourth-order valence-corrected chi connectivity index (χ4v) is 2.49. The summed E-state index contributed by atoms with van der Waals surface area (Å²) in [6, 6.07) is 11.2. The summed E-state index contributed by atoms with van der Waals surface area (Å²) in [7, 11) is 0. The van der Waals surface area contributed by atoms with Crippen molar-refractivity contribution in [3.05, 3.63) is 59.4 Å². The Labute approximate surface area is 127 Å². The molecule has 1 heterocycles. The molecule has 2 amide bonds. The molecule has 1 unspecified atom stereocenters. The Morgan fingerprint density at radius 2 is 1.95 bits per heavy atom. The molecule has 22 heavy (non-hydrogen) atoms. The summed E-state index contributed by atoms with van der Waals surface area (Å²) in [5, 5.41) is 5.58. The Balaban J connectivity index is 1.70. The third-order valence-corrected chi connectivity index (χ3v) is 3.73.